The monoisotopic (exact) mass is 613 g/mol. The second-order valence-electron chi connectivity index (χ2n) is 9.37. The summed E-state index contributed by atoms with van der Waals surface area (Å²) in [7, 11) is -4.10. The molecule has 0 aliphatic rings. The standard InChI is InChI=1S/C33H20F4N3O3P/c34-21-11-15-23(16-12-21)42-32-38-31(39-33(40-32)43-24-17-13-22(35)14-18-24)27-19-20-28(36)30(29(27)37)44(41,25-7-3-1-4-8-25)26-9-5-2-6-10-26/h1-20H. The number of hydrogen-bond donors (Lipinski definition) is 0. The van der Waals surface area contributed by atoms with E-state index in [1.54, 1.807) is 60.7 Å². The predicted molar refractivity (Wildman–Crippen MR) is 158 cm³/mol. The van der Waals surface area contributed by atoms with Gasteiger partial charge in [0.15, 0.2) is 13.0 Å². The van der Waals surface area contributed by atoms with Crippen LogP contribution in [0.4, 0.5) is 17.6 Å². The van der Waals surface area contributed by atoms with E-state index < -0.39 is 35.7 Å². The summed E-state index contributed by atoms with van der Waals surface area (Å²) in [6.45, 7) is 0. The summed E-state index contributed by atoms with van der Waals surface area (Å²) in [5.74, 6) is -3.23. The lowest BCUT2D eigenvalue weighted by atomic mass is 10.2. The number of aromatic nitrogens is 3. The van der Waals surface area contributed by atoms with Gasteiger partial charge < -0.3 is 14.0 Å². The summed E-state index contributed by atoms with van der Waals surface area (Å²) < 4.78 is 85.4. The van der Waals surface area contributed by atoms with Gasteiger partial charge in [-0.2, -0.15) is 9.97 Å². The van der Waals surface area contributed by atoms with Crippen LogP contribution in [0.3, 0.4) is 0 Å². The quantitative estimate of drug-likeness (QED) is 0.132. The Labute approximate surface area is 249 Å². The van der Waals surface area contributed by atoms with Crippen molar-refractivity contribution in [2.75, 3.05) is 0 Å². The van der Waals surface area contributed by atoms with E-state index in [1.807, 2.05) is 0 Å². The average Bonchev–Trinajstić information content (AvgIpc) is 3.04. The lowest BCUT2D eigenvalue weighted by Gasteiger charge is -2.22. The van der Waals surface area contributed by atoms with Crippen molar-refractivity contribution < 1.29 is 31.6 Å². The molecule has 0 aliphatic carbocycles. The van der Waals surface area contributed by atoms with Gasteiger partial charge in [-0.15, -0.1) is 4.98 Å². The third-order valence-corrected chi connectivity index (χ3v) is 9.59. The molecule has 1 heterocycles. The van der Waals surface area contributed by atoms with Crippen molar-refractivity contribution in [1.29, 1.82) is 0 Å². The van der Waals surface area contributed by atoms with Gasteiger partial charge in [-0.3, -0.25) is 0 Å². The summed E-state index contributed by atoms with van der Waals surface area (Å²) >= 11 is 0. The molecule has 0 radical (unpaired) electrons. The minimum atomic E-state index is -4.10. The number of nitrogens with zero attached hydrogens (tertiary/aromatic N) is 3. The minimum Gasteiger partial charge on any atom is -0.424 e. The van der Waals surface area contributed by atoms with E-state index in [0.717, 1.165) is 36.4 Å². The maximum absolute atomic E-state index is 16.6. The summed E-state index contributed by atoms with van der Waals surface area (Å²) in [6.07, 6.45) is 0. The zero-order valence-electron chi connectivity index (χ0n) is 22.6. The Morgan fingerprint density at radius 3 is 1.43 bits per heavy atom. The number of halogens is 4. The fraction of sp³-hybridized carbons (Fsp3) is 0. The van der Waals surface area contributed by atoms with Gasteiger partial charge in [0, 0.05) is 10.6 Å². The maximum Gasteiger partial charge on any atom is 0.328 e. The second kappa shape index (κ2) is 12.1. The number of hydrogen-bond acceptors (Lipinski definition) is 6. The molecule has 6 aromatic rings. The molecular formula is C33H20F4N3O3P. The number of benzene rings is 5. The number of ether oxygens (including phenoxy) is 2. The molecule has 0 unspecified atom stereocenters. The predicted octanol–water partition coefficient (Wildman–Crippen LogP) is 7.32. The Kier molecular flexibility index (Phi) is 7.91. The van der Waals surface area contributed by atoms with Crippen LogP contribution in [0.25, 0.3) is 11.4 Å². The van der Waals surface area contributed by atoms with Crippen LogP contribution in [-0.4, -0.2) is 15.0 Å². The number of rotatable bonds is 8. The molecule has 11 heteroatoms. The van der Waals surface area contributed by atoms with Crippen LogP contribution >= 0.6 is 7.14 Å². The first-order valence-corrected chi connectivity index (χ1v) is 14.8. The molecule has 218 valence electrons. The zero-order chi connectivity index (χ0) is 30.7. The van der Waals surface area contributed by atoms with Gasteiger partial charge in [0.25, 0.3) is 0 Å². The molecule has 0 saturated carbocycles. The molecule has 0 N–H and O–H groups in total. The highest BCUT2D eigenvalue weighted by Crippen LogP contribution is 2.45. The first kappa shape index (κ1) is 28.8. The van der Waals surface area contributed by atoms with E-state index in [-0.39, 0.29) is 45.5 Å². The summed E-state index contributed by atoms with van der Waals surface area (Å²) in [5, 5.41) is -0.218. The molecule has 0 atom stereocenters. The second-order valence-corrected chi connectivity index (χ2v) is 12.1. The van der Waals surface area contributed by atoms with Crippen LogP contribution in [0.5, 0.6) is 23.5 Å². The third-order valence-electron chi connectivity index (χ3n) is 6.50. The molecule has 44 heavy (non-hydrogen) atoms. The van der Waals surface area contributed by atoms with Gasteiger partial charge in [-0.1, -0.05) is 60.7 Å². The van der Waals surface area contributed by atoms with E-state index in [9.17, 15) is 13.3 Å². The van der Waals surface area contributed by atoms with Crippen molar-refractivity contribution in [2.24, 2.45) is 0 Å². The van der Waals surface area contributed by atoms with Gasteiger partial charge in [-0.25, -0.2) is 17.6 Å². The minimum absolute atomic E-state index is 0.147. The summed E-state index contributed by atoms with van der Waals surface area (Å²) in [5.41, 5.74) is -0.316. The van der Waals surface area contributed by atoms with E-state index in [2.05, 4.69) is 15.0 Å². The van der Waals surface area contributed by atoms with Crippen LogP contribution in [0.1, 0.15) is 0 Å². The zero-order valence-corrected chi connectivity index (χ0v) is 23.5. The largest absolute Gasteiger partial charge is 0.424 e. The molecule has 0 bridgehead atoms. The summed E-state index contributed by atoms with van der Waals surface area (Å²) in [6, 6.07) is 27.4. The Balaban J connectivity index is 1.52. The van der Waals surface area contributed by atoms with E-state index in [1.165, 1.54) is 24.3 Å². The smallest absolute Gasteiger partial charge is 0.328 e. The van der Waals surface area contributed by atoms with Crippen molar-refractivity contribution in [3.63, 3.8) is 0 Å². The molecule has 6 rings (SSSR count). The van der Waals surface area contributed by atoms with E-state index in [4.69, 9.17) is 9.47 Å². The first-order chi connectivity index (χ1) is 21.3. The fourth-order valence-electron chi connectivity index (χ4n) is 4.45. The highest BCUT2D eigenvalue weighted by molar-refractivity contribution is 7.85. The Morgan fingerprint density at radius 1 is 0.523 bits per heavy atom. The molecular weight excluding hydrogens is 593 g/mol. The van der Waals surface area contributed by atoms with Crippen LogP contribution in [-0.2, 0) is 4.57 Å². The van der Waals surface area contributed by atoms with Crippen LogP contribution in [0.15, 0.2) is 121 Å². The van der Waals surface area contributed by atoms with E-state index >= 15 is 8.78 Å². The lowest BCUT2D eigenvalue weighted by molar-refractivity contribution is 0.397. The summed E-state index contributed by atoms with van der Waals surface area (Å²) in [4.78, 5) is 12.5. The van der Waals surface area contributed by atoms with Crippen molar-refractivity contribution in [3.8, 4) is 34.9 Å². The average molecular weight is 614 g/mol. The third kappa shape index (κ3) is 5.80. The van der Waals surface area contributed by atoms with Crippen LogP contribution in [0.2, 0.25) is 0 Å². The van der Waals surface area contributed by atoms with Gasteiger partial charge in [0.1, 0.15) is 34.8 Å². The van der Waals surface area contributed by atoms with Gasteiger partial charge in [-0.05, 0) is 60.7 Å². The maximum atomic E-state index is 16.6. The van der Waals surface area contributed by atoms with Gasteiger partial charge in [0.05, 0.1) is 10.9 Å². The highest BCUT2D eigenvalue weighted by atomic mass is 31.2. The van der Waals surface area contributed by atoms with Crippen LogP contribution < -0.4 is 25.4 Å². The first-order valence-electron chi connectivity index (χ1n) is 13.1. The lowest BCUT2D eigenvalue weighted by Crippen LogP contribution is -2.29. The Hall–Kier alpha value is -5.34. The molecule has 0 aliphatic heterocycles. The van der Waals surface area contributed by atoms with Crippen LogP contribution in [0, 0.1) is 23.3 Å². The fourth-order valence-corrected chi connectivity index (χ4v) is 7.22. The molecule has 0 fully saturated rings. The SMILES string of the molecule is O=P(c1ccccc1)(c1ccccc1)c1c(F)ccc(-c2nc(Oc3ccc(F)cc3)nc(Oc3ccc(F)cc3)n2)c1F. The Bertz CT molecular complexity index is 1870. The molecule has 5 aromatic carbocycles. The highest BCUT2D eigenvalue weighted by Gasteiger charge is 2.37. The molecule has 0 spiro atoms. The van der Waals surface area contributed by atoms with Crippen molar-refractivity contribution in [3.05, 3.63) is 145 Å². The van der Waals surface area contributed by atoms with E-state index in [0.29, 0.717) is 0 Å². The normalized spacial score (nSPS) is 11.3. The Morgan fingerprint density at radius 2 is 0.977 bits per heavy atom. The van der Waals surface area contributed by atoms with Gasteiger partial charge >= 0.3 is 12.0 Å². The van der Waals surface area contributed by atoms with Crippen molar-refractivity contribution in [1.82, 2.24) is 15.0 Å². The molecule has 0 saturated heterocycles. The topological polar surface area (TPSA) is 74.2 Å². The molecule has 1 aromatic heterocycles. The molecule has 6 nitrogen and oxygen atoms in total. The van der Waals surface area contributed by atoms with Crippen molar-refractivity contribution in [2.45, 2.75) is 0 Å². The van der Waals surface area contributed by atoms with Gasteiger partial charge in [0.2, 0.25) is 0 Å². The molecule has 0 amide bonds. The van der Waals surface area contributed by atoms with Crippen molar-refractivity contribution >= 4 is 23.1 Å².